The van der Waals surface area contributed by atoms with Gasteiger partial charge in [0.05, 0.1) is 5.92 Å². The molecule has 4 nitrogen and oxygen atoms in total. The predicted octanol–water partition coefficient (Wildman–Crippen LogP) is 3.91. The zero-order valence-corrected chi connectivity index (χ0v) is 15.2. The number of anilines is 2. The molecule has 0 unspecified atom stereocenters. The van der Waals surface area contributed by atoms with E-state index >= 15 is 0 Å². The predicted molar refractivity (Wildman–Crippen MR) is 101 cm³/mol. The van der Waals surface area contributed by atoms with Gasteiger partial charge in [0.25, 0.3) is 0 Å². The second-order valence-electron chi connectivity index (χ2n) is 6.95. The summed E-state index contributed by atoms with van der Waals surface area (Å²) in [5.41, 5.74) is 6.06. The Morgan fingerprint density at radius 3 is 2.36 bits per heavy atom. The highest BCUT2D eigenvalue weighted by atomic mass is 16.2. The van der Waals surface area contributed by atoms with Crippen molar-refractivity contribution in [2.24, 2.45) is 5.92 Å². The fraction of sp³-hybridized carbons (Fsp3) is 0.333. The van der Waals surface area contributed by atoms with Crippen LogP contribution in [0.15, 0.2) is 36.4 Å². The molecule has 130 valence electrons. The van der Waals surface area contributed by atoms with E-state index in [2.05, 4.69) is 5.32 Å². The van der Waals surface area contributed by atoms with E-state index in [9.17, 15) is 9.59 Å². The average Bonchev–Trinajstić information content (AvgIpc) is 2.92. The molecule has 0 radical (unpaired) electrons. The van der Waals surface area contributed by atoms with E-state index in [1.165, 1.54) is 0 Å². The van der Waals surface area contributed by atoms with Crippen molar-refractivity contribution in [1.82, 2.24) is 0 Å². The van der Waals surface area contributed by atoms with E-state index in [0.29, 0.717) is 6.54 Å². The Morgan fingerprint density at radius 2 is 1.72 bits per heavy atom. The van der Waals surface area contributed by atoms with Crippen molar-refractivity contribution in [3.05, 3.63) is 58.7 Å². The van der Waals surface area contributed by atoms with E-state index in [1.807, 2.05) is 64.1 Å². The van der Waals surface area contributed by atoms with Crippen LogP contribution in [0.1, 0.15) is 28.7 Å². The van der Waals surface area contributed by atoms with Crippen molar-refractivity contribution in [2.45, 2.75) is 34.1 Å². The first-order valence-corrected chi connectivity index (χ1v) is 8.61. The lowest BCUT2D eigenvalue weighted by Crippen LogP contribution is -2.29. The van der Waals surface area contributed by atoms with Crippen molar-refractivity contribution < 1.29 is 9.59 Å². The smallest absolute Gasteiger partial charge is 0.229 e. The number of benzene rings is 2. The van der Waals surface area contributed by atoms with Crippen LogP contribution in [-0.4, -0.2) is 18.4 Å². The van der Waals surface area contributed by atoms with Gasteiger partial charge in [0.2, 0.25) is 11.8 Å². The minimum atomic E-state index is -0.327. The minimum Gasteiger partial charge on any atom is -0.326 e. The Hall–Kier alpha value is -2.62. The number of nitrogens with one attached hydrogen (secondary N) is 1. The quantitative estimate of drug-likeness (QED) is 0.924. The van der Waals surface area contributed by atoms with E-state index < -0.39 is 0 Å². The van der Waals surface area contributed by atoms with Gasteiger partial charge in [0, 0.05) is 24.3 Å². The first-order valence-electron chi connectivity index (χ1n) is 8.61. The Balaban J connectivity index is 1.77. The summed E-state index contributed by atoms with van der Waals surface area (Å²) in [6.45, 7) is 8.43. The van der Waals surface area contributed by atoms with Gasteiger partial charge in [-0.3, -0.25) is 9.59 Å². The molecule has 3 rings (SSSR count). The van der Waals surface area contributed by atoms with Gasteiger partial charge in [-0.05, 0) is 50.5 Å². The van der Waals surface area contributed by atoms with Crippen molar-refractivity contribution in [2.75, 3.05) is 16.8 Å². The van der Waals surface area contributed by atoms with E-state index in [-0.39, 0.29) is 24.2 Å². The lowest BCUT2D eigenvalue weighted by atomic mass is 10.1. The van der Waals surface area contributed by atoms with Crippen LogP contribution in [0.4, 0.5) is 11.4 Å². The fourth-order valence-electron chi connectivity index (χ4n) is 3.52. The molecule has 2 aromatic rings. The van der Waals surface area contributed by atoms with Crippen LogP contribution in [0.3, 0.4) is 0 Å². The van der Waals surface area contributed by atoms with Crippen molar-refractivity contribution in [3.63, 3.8) is 0 Å². The van der Waals surface area contributed by atoms with Gasteiger partial charge >= 0.3 is 0 Å². The Kier molecular flexibility index (Phi) is 4.62. The van der Waals surface area contributed by atoms with Gasteiger partial charge in [0.1, 0.15) is 0 Å². The van der Waals surface area contributed by atoms with Gasteiger partial charge in [0.15, 0.2) is 0 Å². The molecule has 1 fully saturated rings. The number of aryl methyl sites for hydroxylation is 4. The molecule has 1 N–H and O–H groups in total. The molecule has 0 aliphatic carbocycles. The summed E-state index contributed by atoms with van der Waals surface area (Å²) in [6, 6.07) is 11.9. The van der Waals surface area contributed by atoms with Gasteiger partial charge in [-0.1, -0.05) is 35.9 Å². The maximum absolute atomic E-state index is 12.7. The van der Waals surface area contributed by atoms with Crippen molar-refractivity contribution in [1.29, 1.82) is 0 Å². The number of nitrogens with zero attached hydrogens (tertiary/aromatic N) is 1. The monoisotopic (exact) mass is 336 g/mol. The van der Waals surface area contributed by atoms with E-state index in [1.54, 1.807) is 4.90 Å². The summed E-state index contributed by atoms with van der Waals surface area (Å²) < 4.78 is 0. The molecule has 0 saturated carbocycles. The van der Waals surface area contributed by atoms with E-state index in [4.69, 9.17) is 0 Å². The van der Waals surface area contributed by atoms with Crippen molar-refractivity contribution >= 4 is 23.2 Å². The third kappa shape index (κ3) is 3.43. The second kappa shape index (κ2) is 6.71. The number of rotatable bonds is 3. The zero-order valence-electron chi connectivity index (χ0n) is 15.2. The molecule has 0 spiro atoms. The maximum Gasteiger partial charge on any atom is 0.229 e. The summed E-state index contributed by atoms with van der Waals surface area (Å²) in [5.74, 6) is -0.403. The third-order valence-electron chi connectivity index (χ3n) is 4.85. The molecule has 1 aliphatic heterocycles. The van der Waals surface area contributed by atoms with Crippen LogP contribution < -0.4 is 10.2 Å². The van der Waals surface area contributed by atoms with Gasteiger partial charge < -0.3 is 10.2 Å². The third-order valence-corrected chi connectivity index (χ3v) is 4.85. The Morgan fingerprint density at radius 1 is 1.04 bits per heavy atom. The molecule has 1 atom stereocenters. The molecule has 1 heterocycles. The number of amides is 2. The van der Waals surface area contributed by atoms with Gasteiger partial charge in [-0.15, -0.1) is 0 Å². The van der Waals surface area contributed by atoms with Crippen LogP contribution in [0, 0.1) is 33.6 Å². The molecule has 2 amide bonds. The molecule has 1 aliphatic rings. The zero-order chi connectivity index (χ0) is 18.1. The largest absolute Gasteiger partial charge is 0.326 e. The van der Waals surface area contributed by atoms with E-state index in [0.717, 1.165) is 33.6 Å². The van der Waals surface area contributed by atoms with Gasteiger partial charge in [-0.2, -0.15) is 0 Å². The van der Waals surface area contributed by atoms with Crippen LogP contribution >= 0.6 is 0 Å². The van der Waals surface area contributed by atoms with Crippen LogP contribution in [0.5, 0.6) is 0 Å². The molecule has 1 saturated heterocycles. The molecular weight excluding hydrogens is 312 g/mol. The normalized spacial score (nSPS) is 17.0. The molecule has 25 heavy (non-hydrogen) atoms. The molecular formula is C21H24N2O2. The number of hydrogen-bond acceptors (Lipinski definition) is 2. The molecule has 4 heteroatoms. The average molecular weight is 336 g/mol. The van der Waals surface area contributed by atoms with Crippen LogP contribution in [0.25, 0.3) is 0 Å². The summed E-state index contributed by atoms with van der Waals surface area (Å²) in [4.78, 5) is 26.9. The van der Waals surface area contributed by atoms with Crippen LogP contribution in [0.2, 0.25) is 0 Å². The summed E-state index contributed by atoms with van der Waals surface area (Å²) >= 11 is 0. The van der Waals surface area contributed by atoms with Crippen LogP contribution in [-0.2, 0) is 9.59 Å². The number of carbonyl (C=O) groups is 2. The minimum absolute atomic E-state index is 0.0122. The van der Waals surface area contributed by atoms with Crippen molar-refractivity contribution in [3.8, 4) is 0 Å². The molecule has 0 bridgehead atoms. The number of para-hydroxylation sites is 1. The molecule has 0 aromatic heterocycles. The summed E-state index contributed by atoms with van der Waals surface area (Å²) in [5, 5.41) is 2.98. The van der Waals surface area contributed by atoms with Gasteiger partial charge in [-0.25, -0.2) is 0 Å². The summed E-state index contributed by atoms with van der Waals surface area (Å²) in [6.07, 6.45) is 0.254. The SMILES string of the molecule is Cc1ccc(NC(=O)[C@@H]2CC(=O)N(c3c(C)cccc3C)C2)c(C)c1. The molecule has 2 aromatic carbocycles. The summed E-state index contributed by atoms with van der Waals surface area (Å²) in [7, 11) is 0. The Bertz CT molecular complexity index is 822. The fourth-order valence-corrected chi connectivity index (χ4v) is 3.52. The number of hydrogen-bond donors (Lipinski definition) is 1. The first kappa shape index (κ1) is 17.2. The lowest BCUT2D eigenvalue weighted by Gasteiger charge is -2.21. The highest BCUT2D eigenvalue weighted by molar-refractivity contribution is 6.04. The highest BCUT2D eigenvalue weighted by Gasteiger charge is 2.36. The highest BCUT2D eigenvalue weighted by Crippen LogP contribution is 2.31. The topological polar surface area (TPSA) is 49.4 Å². The Labute approximate surface area is 148 Å². The number of carbonyl (C=O) groups excluding carboxylic acids is 2. The lowest BCUT2D eigenvalue weighted by molar-refractivity contribution is -0.122. The standard InChI is InChI=1S/C21H24N2O2/c1-13-8-9-18(16(4)10-13)22-21(25)17-11-19(24)23(12-17)20-14(2)6-5-7-15(20)3/h5-10,17H,11-12H2,1-4H3,(H,22,25)/t17-/m1/s1. The second-order valence-corrected chi connectivity index (χ2v) is 6.95. The maximum atomic E-state index is 12.7. The first-order chi connectivity index (χ1) is 11.9.